The molecule has 4 aromatic rings. The molecular weight excluding hydrogens is 1010 g/mol. The van der Waals surface area contributed by atoms with Gasteiger partial charge in [0.05, 0.1) is 52.7 Å². The Hall–Kier alpha value is -5.78. The van der Waals surface area contributed by atoms with E-state index in [4.69, 9.17) is 9.47 Å². The van der Waals surface area contributed by atoms with E-state index in [0.29, 0.717) is 111 Å². The van der Waals surface area contributed by atoms with Crippen molar-refractivity contribution in [1.82, 2.24) is 39.4 Å². The molecule has 3 saturated heterocycles. The van der Waals surface area contributed by atoms with E-state index in [2.05, 4.69) is 45.7 Å². The fourth-order valence-electron chi connectivity index (χ4n) is 8.83. The second-order valence-electron chi connectivity index (χ2n) is 18.1. The van der Waals surface area contributed by atoms with Crippen molar-refractivity contribution in [3.8, 4) is 11.5 Å². The van der Waals surface area contributed by atoms with Crippen molar-refractivity contribution >= 4 is 91.9 Å². The first kappa shape index (κ1) is 55.0. The van der Waals surface area contributed by atoms with Gasteiger partial charge in [-0.3, -0.25) is 33.7 Å². The van der Waals surface area contributed by atoms with E-state index in [-0.39, 0.29) is 47.9 Å². The fourth-order valence-corrected chi connectivity index (χ4v) is 12.8. The quantitative estimate of drug-likeness (QED) is 0.105. The summed E-state index contributed by atoms with van der Waals surface area (Å²) in [4.78, 5) is 101. The zero-order chi connectivity index (χ0) is 52.2. The van der Waals surface area contributed by atoms with Crippen LogP contribution in [0.5, 0.6) is 11.5 Å². The third kappa shape index (κ3) is 14.5. The number of hydrogen-bond donors (Lipinski definition) is 2. The minimum Gasteiger partial charge on any atom is -0.496 e. The van der Waals surface area contributed by atoms with Crippen molar-refractivity contribution < 1.29 is 38.2 Å². The minimum absolute atomic E-state index is 0.0293. The molecule has 0 atom stereocenters. The lowest BCUT2D eigenvalue weighted by molar-refractivity contribution is -0.126. The molecule has 2 N–H and O–H groups in total. The Morgan fingerprint density at radius 1 is 0.712 bits per heavy atom. The molecule has 73 heavy (non-hydrogen) atoms. The molecule has 5 heterocycles. The van der Waals surface area contributed by atoms with E-state index in [1.807, 2.05) is 43.1 Å². The summed E-state index contributed by atoms with van der Waals surface area (Å²) in [6, 6.07) is 7.41. The number of benzene rings is 2. The number of rotatable bonds is 18. The van der Waals surface area contributed by atoms with Crippen molar-refractivity contribution in [1.29, 1.82) is 0 Å². The molecule has 3 fully saturated rings. The maximum absolute atomic E-state index is 14.3. The van der Waals surface area contributed by atoms with Crippen molar-refractivity contribution in [3.63, 3.8) is 0 Å². The van der Waals surface area contributed by atoms with E-state index < -0.39 is 0 Å². The standard InChI is InChI=1S/C51H64N10O8S4/c1-8-43(63)58-15-10-17-60(24-22-58)48(66)36-28-40(33(3)26-38(36)68-6)70-45-30-52-50(72-45)54-42(62)32-57(5)21-14-35-27-39(69-7)37(49(67)61-18-11-16-59(23-25-61)44(64)9-2)29-41(35)71-46-31-53-51(73-46)55-47(65)34-12-19-56(4)20-13-34/h8-9,26-31,34H,1-2,10-25,32H2,3-7H3,(H,52,54,62)(H,53,55,65). The number of thiazole rings is 2. The molecule has 2 aromatic carbocycles. The Morgan fingerprint density at radius 2 is 1.21 bits per heavy atom. The highest BCUT2D eigenvalue weighted by atomic mass is 32.2. The van der Waals surface area contributed by atoms with Crippen LogP contribution >= 0.6 is 46.2 Å². The van der Waals surface area contributed by atoms with Crippen LogP contribution in [0.2, 0.25) is 0 Å². The fraction of sp³-hybridized carbons (Fsp3) is 0.451. The Bertz CT molecular complexity index is 2690. The Labute approximate surface area is 443 Å². The average molecular weight is 1070 g/mol. The molecule has 0 saturated carbocycles. The van der Waals surface area contributed by atoms with Crippen molar-refractivity contribution in [2.45, 2.75) is 57.2 Å². The molecular formula is C51H64N10O8S4. The number of nitrogens with one attached hydrogen (secondary N) is 2. The molecule has 0 unspecified atom stereocenters. The van der Waals surface area contributed by atoms with Crippen molar-refractivity contribution in [3.05, 3.63) is 84.2 Å². The number of hydrogen-bond acceptors (Lipinski definition) is 16. The SMILES string of the molecule is C=CC(=O)N1CCCN(C(=O)c2cc(Sc3cnc(NC(=O)CN(C)CCc4cc(OC)c(C(=O)N5CCCN(C(=O)C=C)CC5)cc4Sc4cnc(NC(=O)C5CCN(C)CC5)s4)s3)c(C)cc2OC)CC1. The van der Waals surface area contributed by atoms with Gasteiger partial charge in [0.15, 0.2) is 10.3 Å². The molecule has 0 bridgehead atoms. The molecule has 3 aliphatic heterocycles. The van der Waals surface area contributed by atoms with Crippen molar-refractivity contribution in [2.75, 3.05) is 117 Å². The van der Waals surface area contributed by atoms with Gasteiger partial charge in [-0.15, -0.1) is 0 Å². The van der Waals surface area contributed by atoms with Crippen LogP contribution in [0.15, 0.2) is 80.2 Å². The van der Waals surface area contributed by atoms with Crippen LogP contribution in [0.3, 0.4) is 0 Å². The number of carbonyl (C=O) groups is 6. The third-order valence-corrected chi connectivity index (χ3v) is 17.3. The molecule has 7 rings (SSSR count). The number of ether oxygens (including phenoxy) is 2. The number of likely N-dealkylation sites (tertiary alicyclic amines) is 1. The maximum atomic E-state index is 14.3. The summed E-state index contributed by atoms with van der Waals surface area (Å²) in [5.41, 5.74) is 2.63. The van der Waals surface area contributed by atoms with E-state index in [0.717, 1.165) is 55.3 Å². The lowest BCUT2D eigenvalue weighted by atomic mass is 9.96. The zero-order valence-electron chi connectivity index (χ0n) is 42.1. The molecule has 22 heteroatoms. The number of carbonyl (C=O) groups excluding carboxylic acids is 6. The molecule has 390 valence electrons. The van der Waals surface area contributed by atoms with Crippen LogP contribution in [-0.4, -0.2) is 182 Å². The lowest BCUT2D eigenvalue weighted by Gasteiger charge is -2.27. The molecule has 2 aromatic heterocycles. The Balaban J connectivity index is 1.00. The monoisotopic (exact) mass is 1070 g/mol. The molecule has 18 nitrogen and oxygen atoms in total. The van der Waals surface area contributed by atoms with E-state index in [9.17, 15) is 28.8 Å². The third-order valence-electron chi connectivity index (χ3n) is 13.0. The zero-order valence-corrected chi connectivity index (χ0v) is 45.4. The van der Waals surface area contributed by atoms with Gasteiger partial charge in [-0.05, 0) is 114 Å². The summed E-state index contributed by atoms with van der Waals surface area (Å²) in [5.74, 6) is -0.143. The van der Waals surface area contributed by atoms with Gasteiger partial charge in [0.1, 0.15) is 11.5 Å². The van der Waals surface area contributed by atoms with E-state index >= 15 is 0 Å². The van der Waals surface area contributed by atoms with Crippen LogP contribution < -0.4 is 20.1 Å². The topological polar surface area (TPSA) is 190 Å². The summed E-state index contributed by atoms with van der Waals surface area (Å²) < 4.78 is 13.2. The first-order valence-corrected chi connectivity index (χ1v) is 27.5. The molecule has 0 aliphatic carbocycles. The predicted octanol–water partition coefficient (Wildman–Crippen LogP) is 6.34. The lowest BCUT2D eigenvalue weighted by Crippen LogP contribution is -2.37. The number of aromatic nitrogens is 2. The first-order valence-electron chi connectivity index (χ1n) is 24.2. The van der Waals surface area contributed by atoms with Crippen LogP contribution in [0.1, 0.15) is 57.5 Å². The van der Waals surface area contributed by atoms with Gasteiger partial charge in [-0.2, -0.15) is 0 Å². The van der Waals surface area contributed by atoms with Crippen LogP contribution in [0.25, 0.3) is 0 Å². The van der Waals surface area contributed by atoms with E-state index in [1.165, 1.54) is 65.5 Å². The normalized spacial score (nSPS) is 15.9. The van der Waals surface area contributed by atoms with Gasteiger partial charge in [-0.1, -0.05) is 59.4 Å². The number of amides is 6. The Kier molecular flexibility index (Phi) is 19.5. The first-order chi connectivity index (χ1) is 35.2. The summed E-state index contributed by atoms with van der Waals surface area (Å²) in [6.45, 7) is 15.1. The molecule has 3 aliphatic rings. The van der Waals surface area contributed by atoms with Gasteiger partial charge in [0, 0.05) is 74.6 Å². The molecule has 0 spiro atoms. The summed E-state index contributed by atoms with van der Waals surface area (Å²) in [7, 11) is 7.00. The van der Waals surface area contributed by atoms with Gasteiger partial charge < -0.3 is 44.6 Å². The highest BCUT2D eigenvalue weighted by molar-refractivity contribution is 8.01. The Morgan fingerprint density at radius 3 is 1.75 bits per heavy atom. The number of piperidine rings is 1. The van der Waals surface area contributed by atoms with Gasteiger partial charge >= 0.3 is 0 Å². The van der Waals surface area contributed by atoms with E-state index in [1.54, 1.807) is 39.1 Å². The maximum Gasteiger partial charge on any atom is 0.257 e. The highest BCUT2D eigenvalue weighted by Crippen LogP contribution is 2.41. The smallest absolute Gasteiger partial charge is 0.257 e. The minimum atomic E-state index is -0.244. The second-order valence-corrected chi connectivity index (χ2v) is 22.9. The van der Waals surface area contributed by atoms with Gasteiger partial charge in [0.25, 0.3) is 11.8 Å². The number of anilines is 2. The number of methoxy groups -OCH3 is 2. The van der Waals surface area contributed by atoms with Crippen LogP contribution in [-0.2, 0) is 25.6 Å². The second kappa shape index (κ2) is 25.9. The summed E-state index contributed by atoms with van der Waals surface area (Å²) in [5, 5.41) is 6.91. The van der Waals surface area contributed by atoms with Crippen LogP contribution in [0, 0.1) is 12.8 Å². The molecule has 6 amide bonds. The van der Waals surface area contributed by atoms with Gasteiger partial charge in [-0.25, -0.2) is 9.97 Å². The molecule has 0 radical (unpaired) electrons. The largest absolute Gasteiger partial charge is 0.496 e. The van der Waals surface area contributed by atoms with Crippen LogP contribution in [0.4, 0.5) is 10.3 Å². The van der Waals surface area contributed by atoms with Gasteiger partial charge in [0.2, 0.25) is 23.6 Å². The highest BCUT2D eigenvalue weighted by Gasteiger charge is 2.29. The summed E-state index contributed by atoms with van der Waals surface area (Å²) in [6.07, 6.45) is 9.39. The number of aryl methyl sites for hydroxylation is 1. The summed E-state index contributed by atoms with van der Waals surface area (Å²) >= 11 is 5.60. The average Bonchev–Trinajstić information content (AvgIpc) is 3.83. The predicted molar refractivity (Wildman–Crippen MR) is 286 cm³/mol. The van der Waals surface area contributed by atoms with Crippen molar-refractivity contribution in [2.24, 2.45) is 5.92 Å². The number of likely N-dealkylation sites (N-methyl/N-ethyl adjacent to an activating group) is 1. The number of nitrogens with zero attached hydrogens (tertiary/aromatic N) is 8.